The fraction of sp³-hybridized carbons (Fsp3) is 0. The highest BCUT2D eigenvalue weighted by Crippen LogP contribution is 2.46. The topological polar surface area (TPSA) is 26.0 Å². The molecule has 2 heterocycles. The zero-order valence-electron chi connectivity index (χ0n) is 26.6. The summed E-state index contributed by atoms with van der Waals surface area (Å²) < 4.78 is 6.31. The van der Waals surface area contributed by atoms with Gasteiger partial charge in [0.25, 0.3) is 0 Å². The van der Waals surface area contributed by atoms with Crippen molar-refractivity contribution in [3.8, 4) is 44.5 Å². The molecule has 0 aliphatic rings. The SMILES string of the molecule is c1ccc(-c2c3ccccc3c(-c3ccccc3)c3cc(-c4cccc(-c5c6ccccc6nc6oc7ccccc7c56)c4)ccc23)cc1. The highest BCUT2D eigenvalue weighted by molar-refractivity contribution is 6.22. The van der Waals surface area contributed by atoms with E-state index in [1.54, 1.807) is 0 Å². The zero-order chi connectivity index (χ0) is 32.3. The van der Waals surface area contributed by atoms with Crippen LogP contribution >= 0.6 is 0 Å². The fourth-order valence-electron chi connectivity index (χ4n) is 7.72. The van der Waals surface area contributed by atoms with E-state index in [0.29, 0.717) is 5.71 Å². The van der Waals surface area contributed by atoms with Crippen LogP contribution in [0.4, 0.5) is 0 Å². The van der Waals surface area contributed by atoms with Gasteiger partial charge in [-0.05, 0) is 84.8 Å². The minimum Gasteiger partial charge on any atom is -0.438 e. The molecule has 0 saturated carbocycles. The van der Waals surface area contributed by atoms with Gasteiger partial charge in [-0.2, -0.15) is 0 Å². The van der Waals surface area contributed by atoms with E-state index in [-0.39, 0.29) is 0 Å². The Morgan fingerprint density at radius 1 is 0.327 bits per heavy atom. The van der Waals surface area contributed by atoms with E-state index in [9.17, 15) is 0 Å². The summed E-state index contributed by atoms with van der Waals surface area (Å²) in [7, 11) is 0. The van der Waals surface area contributed by atoms with E-state index in [4.69, 9.17) is 9.40 Å². The molecule has 0 aliphatic heterocycles. The maximum Gasteiger partial charge on any atom is 0.228 e. The molecule has 0 N–H and O–H groups in total. The van der Waals surface area contributed by atoms with Gasteiger partial charge >= 0.3 is 0 Å². The van der Waals surface area contributed by atoms with E-state index < -0.39 is 0 Å². The molecule has 0 aliphatic carbocycles. The maximum atomic E-state index is 6.31. The summed E-state index contributed by atoms with van der Waals surface area (Å²) >= 11 is 0. The molecular formula is C47H29NO. The number of furan rings is 1. The molecule has 2 aromatic heterocycles. The zero-order valence-corrected chi connectivity index (χ0v) is 26.6. The molecule has 0 bridgehead atoms. The Morgan fingerprint density at radius 3 is 1.59 bits per heavy atom. The molecule has 0 fully saturated rings. The molecule has 0 unspecified atom stereocenters. The predicted molar refractivity (Wildman–Crippen MR) is 206 cm³/mol. The lowest BCUT2D eigenvalue weighted by atomic mass is 9.84. The van der Waals surface area contributed by atoms with Crippen LogP contribution < -0.4 is 0 Å². The van der Waals surface area contributed by atoms with Gasteiger partial charge in [-0.25, -0.2) is 4.98 Å². The number of pyridine rings is 1. The summed E-state index contributed by atoms with van der Waals surface area (Å²) in [5.74, 6) is 0. The molecular weight excluding hydrogens is 595 g/mol. The van der Waals surface area contributed by atoms with Crippen LogP contribution in [-0.2, 0) is 0 Å². The monoisotopic (exact) mass is 623 g/mol. The van der Waals surface area contributed by atoms with Crippen LogP contribution in [0.25, 0.3) is 99.0 Å². The third kappa shape index (κ3) is 4.38. The first-order chi connectivity index (χ1) is 24.3. The lowest BCUT2D eigenvalue weighted by Crippen LogP contribution is -1.92. The quantitative estimate of drug-likeness (QED) is 0.182. The fourth-order valence-corrected chi connectivity index (χ4v) is 7.72. The molecule has 10 rings (SSSR count). The van der Waals surface area contributed by atoms with Gasteiger partial charge in [0.2, 0.25) is 5.71 Å². The molecule has 0 atom stereocenters. The second-order valence-electron chi connectivity index (χ2n) is 12.7. The lowest BCUT2D eigenvalue weighted by Gasteiger charge is -2.19. The highest BCUT2D eigenvalue weighted by atomic mass is 16.3. The average molecular weight is 624 g/mol. The van der Waals surface area contributed by atoms with E-state index in [1.807, 2.05) is 18.2 Å². The van der Waals surface area contributed by atoms with Crippen molar-refractivity contribution in [2.75, 3.05) is 0 Å². The number of para-hydroxylation sites is 2. The van der Waals surface area contributed by atoms with Crippen LogP contribution in [0.1, 0.15) is 0 Å². The van der Waals surface area contributed by atoms with E-state index in [1.165, 1.54) is 49.4 Å². The lowest BCUT2D eigenvalue weighted by molar-refractivity contribution is 0.656. The smallest absolute Gasteiger partial charge is 0.228 e. The number of nitrogens with zero attached hydrogens (tertiary/aromatic N) is 1. The first kappa shape index (κ1) is 27.6. The van der Waals surface area contributed by atoms with Crippen molar-refractivity contribution in [1.29, 1.82) is 0 Å². The number of aromatic nitrogens is 1. The maximum absolute atomic E-state index is 6.31. The highest BCUT2D eigenvalue weighted by Gasteiger charge is 2.20. The van der Waals surface area contributed by atoms with Crippen LogP contribution in [0.5, 0.6) is 0 Å². The molecule has 2 nitrogen and oxygen atoms in total. The Bertz CT molecular complexity index is 2870. The van der Waals surface area contributed by atoms with Crippen molar-refractivity contribution in [3.63, 3.8) is 0 Å². The van der Waals surface area contributed by atoms with Crippen molar-refractivity contribution >= 4 is 54.5 Å². The van der Waals surface area contributed by atoms with Crippen LogP contribution in [0.2, 0.25) is 0 Å². The van der Waals surface area contributed by atoms with Crippen molar-refractivity contribution < 1.29 is 4.42 Å². The molecule has 0 saturated heterocycles. The van der Waals surface area contributed by atoms with Crippen LogP contribution in [0.3, 0.4) is 0 Å². The molecule has 228 valence electrons. The Labute approximate surface area is 283 Å². The minimum absolute atomic E-state index is 0.666. The summed E-state index contributed by atoms with van der Waals surface area (Å²) in [4.78, 5) is 4.95. The third-order valence-corrected chi connectivity index (χ3v) is 9.86. The summed E-state index contributed by atoms with van der Waals surface area (Å²) in [5, 5.41) is 8.24. The Balaban J connectivity index is 1.25. The molecule has 8 aromatic carbocycles. The second-order valence-corrected chi connectivity index (χ2v) is 12.7. The molecule has 10 aromatic rings. The summed E-state index contributed by atoms with van der Waals surface area (Å²) in [5.41, 5.74) is 12.0. The molecule has 0 spiro atoms. The molecule has 0 radical (unpaired) electrons. The molecule has 49 heavy (non-hydrogen) atoms. The third-order valence-electron chi connectivity index (χ3n) is 9.86. The second kappa shape index (κ2) is 11.0. The normalized spacial score (nSPS) is 11.7. The van der Waals surface area contributed by atoms with Crippen molar-refractivity contribution in [3.05, 3.63) is 176 Å². The van der Waals surface area contributed by atoms with Crippen LogP contribution in [-0.4, -0.2) is 4.98 Å². The van der Waals surface area contributed by atoms with Gasteiger partial charge in [0.15, 0.2) is 0 Å². The van der Waals surface area contributed by atoms with Gasteiger partial charge in [0.1, 0.15) is 5.58 Å². The Kier molecular flexibility index (Phi) is 6.22. The van der Waals surface area contributed by atoms with Crippen molar-refractivity contribution in [2.45, 2.75) is 0 Å². The molecule has 2 heteroatoms. The number of rotatable bonds is 4. The number of hydrogen-bond donors (Lipinski definition) is 0. The van der Waals surface area contributed by atoms with Crippen molar-refractivity contribution in [1.82, 2.24) is 4.98 Å². The van der Waals surface area contributed by atoms with Gasteiger partial charge < -0.3 is 4.42 Å². The summed E-state index contributed by atoms with van der Waals surface area (Å²) in [6.45, 7) is 0. The molecule has 0 amide bonds. The first-order valence-corrected chi connectivity index (χ1v) is 16.7. The Morgan fingerprint density at radius 2 is 0.857 bits per heavy atom. The van der Waals surface area contributed by atoms with Gasteiger partial charge in [0, 0.05) is 16.3 Å². The Hall–Kier alpha value is -6.51. The average Bonchev–Trinajstić information content (AvgIpc) is 3.54. The minimum atomic E-state index is 0.666. The standard InChI is InChI=1S/C47H29NO/c1-3-14-30(15-4-1)43-35-20-7-8-21-36(35)44(31-16-5-2-6-17-31)40-29-33(26-27-37(40)43)32-18-13-19-34(28-32)45-38-22-9-11-24-41(38)48-47-46(45)39-23-10-12-25-42(39)49-47/h1-29H. The first-order valence-electron chi connectivity index (χ1n) is 16.7. The predicted octanol–water partition coefficient (Wildman–Crippen LogP) is 13.1. The van der Waals surface area contributed by atoms with Gasteiger partial charge in [-0.1, -0.05) is 152 Å². The number of fused-ring (bicyclic) bond motifs is 6. The van der Waals surface area contributed by atoms with Gasteiger partial charge in [-0.15, -0.1) is 0 Å². The van der Waals surface area contributed by atoms with E-state index in [2.05, 4.69) is 158 Å². The van der Waals surface area contributed by atoms with Crippen LogP contribution in [0, 0.1) is 0 Å². The largest absolute Gasteiger partial charge is 0.438 e. The number of hydrogen-bond acceptors (Lipinski definition) is 2. The number of benzene rings is 8. The van der Waals surface area contributed by atoms with Gasteiger partial charge in [-0.3, -0.25) is 0 Å². The van der Waals surface area contributed by atoms with E-state index in [0.717, 1.165) is 43.9 Å². The summed E-state index contributed by atoms with van der Waals surface area (Å²) in [6.07, 6.45) is 0. The van der Waals surface area contributed by atoms with E-state index >= 15 is 0 Å². The van der Waals surface area contributed by atoms with Gasteiger partial charge in [0.05, 0.1) is 10.9 Å². The summed E-state index contributed by atoms with van der Waals surface area (Å²) in [6, 6.07) is 63.0. The van der Waals surface area contributed by atoms with Crippen LogP contribution in [0.15, 0.2) is 180 Å². The van der Waals surface area contributed by atoms with Crippen molar-refractivity contribution in [2.24, 2.45) is 0 Å².